The van der Waals surface area contributed by atoms with Gasteiger partial charge in [-0.15, -0.1) is 0 Å². The summed E-state index contributed by atoms with van der Waals surface area (Å²) in [5, 5.41) is 41.5. The summed E-state index contributed by atoms with van der Waals surface area (Å²) < 4.78 is 23.4. The third kappa shape index (κ3) is 9.24. The Morgan fingerprint density at radius 1 is 0.327 bits per heavy atom. The molecule has 6 aromatic heterocycles. The van der Waals surface area contributed by atoms with Gasteiger partial charge >= 0.3 is 0 Å². The zero-order valence-corrected chi connectivity index (χ0v) is 54.7. The van der Waals surface area contributed by atoms with E-state index in [1.807, 2.05) is 41.0 Å². The van der Waals surface area contributed by atoms with Crippen LogP contribution in [-0.4, -0.2) is 33.2 Å². The van der Waals surface area contributed by atoms with E-state index in [0.717, 1.165) is 128 Å². The normalized spacial score (nSPS) is 11.9. The van der Waals surface area contributed by atoms with Gasteiger partial charge in [-0.1, -0.05) is 184 Å². The van der Waals surface area contributed by atoms with E-state index in [1.165, 1.54) is 40.1 Å². The van der Waals surface area contributed by atoms with Crippen LogP contribution in [0, 0.1) is 39.8 Å². The van der Waals surface area contributed by atoms with Crippen LogP contribution in [0.25, 0.3) is 166 Å². The number of hydrogen-bond donors (Lipinski definition) is 0. The highest BCUT2D eigenvalue weighted by Gasteiger charge is 2.26. The molecule has 11 heteroatoms. The van der Waals surface area contributed by atoms with Crippen molar-refractivity contribution in [1.29, 1.82) is 15.8 Å². The van der Waals surface area contributed by atoms with Crippen LogP contribution in [0.2, 0.25) is 0 Å². The van der Waals surface area contributed by atoms with Gasteiger partial charge in [0.05, 0.1) is 60.7 Å². The highest BCUT2D eigenvalue weighted by molar-refractivity contribution is 6.15. The number of aromatic nitrogens is 7. The number of rotatable bonds is 10. The van der Waals surface area contributed by atoms with Gasteiger partial charge in [-0.3, -0.25) is 9.13 Å². The van der Waals surface area contributed by atoms with Crippen molar-refractivity contribution in [3.63, 3.8) is 0 Å². The molecule has 101 heavy (non-hydrogen) atoms. The van der Waals surface area contributed by atoms with Gasteiger partial charge in [0.25, 0.3) is 0 Å². The molecule has 0 aliphatic heterocycles. The SMILES string of the molecule is CC(C)(Cc1ccc(-c2ccc(-n3c4ccccc4c4ccc(-c5ccc6c(c5)c5ccccc5n6-c5nc6cc(F)ccc6c(C#N)c5C#N)cc43)cc2)cc1)c1ccc2c(C#N)nc(-n3c4ccccc4c4cc(-c5ccc6c7ccccc7n(-c7ccccc7)c6c5)ccc43)nc2c1. The Bertz CT molecular complexity index is 6870. The molecule has 0 N–H and O–H groups in total. The molecule has 19 aromatic rings. The highest BCUT2D eigenvalue weighted by atomic mass is 19.1. The standard InChI is InChI=1S/C90H55FN10/c1-90(2,61-34-40-72-77(48-61)96-89(97-79(72)53-94)101-83-23-13-9-19-69(83)74-45-58(33-43-85(74)101)59-30-38-70-66-16-6-10-20-80(66)98(86(70)46-59)63-14-4-3-5-15-63)50-54-24-26-55(27-25-54)56-28-36-64(37-29-56)99-81-21-11-7-17-67(81)71-39-31-60(47-87(71)99)57-32-42-84-73(44-57)68-18-8-12-22-82(68)100(84)88-76(52-93)75(51-92)65-41-35-62(91)49-78(65)95-88/h3-49H,50H2,1-2H3. The number of fused-ring (bicyclic) bond motifs is 14. The monoisotopic (exact) mass is 1290 g/mol. The van der Waals surface area contributed by atoms with Gasteiger partial charge in [0.15, 0.2) is 11.5 Å². The molecule has 0 atom stereocenters. The maximum absolute atomic E-state index is 14.7. The van der Waals surface area contributed by atoms with Gasteiger partial charge in [0.2, 0.25) is 5.95 Å². The van der Waals surface area contributed by atoms with Crippen molar-refractivity contribution < 1.29 is 4.39 Å². The summed E-state index contributed by atoms with van der Waals surface area (Å²) in [5.74, 6) is 0.251. The third-order valence-corrected chi connectivity index (χ3v) is 20.6. The summed E-state index contributed by atoms with van der Waals surface area (Å²) in [7, 11) is 0. The van der Waals surface area contributed by atoms with E-state index in [0.29, 0.717) is 33.4 Å². The predicted octanol–water partition coefficient (Wildman–Crippen LogP) is 21.8. The second-order valence-corrected chi connectivity index (χ2v) is 26.8. The largest absolute Gasteiger partial charge is 0.309 e. The molecule has 19 rings (SSSR count). The Morgan fingerprint density at radius 3 is 1.34 bits per heavy atom. The summed E-state index contributed by atoms with van der Waals surface area (Å²) >= 11 is 0. The van der Waals surface area contributed by atoms with Crippen LogP contribution in [-0.2, 0) is 11.8 Å². The van der Waals surface area contributed by atoms with Crippen molar-refractivity contribution in [2.75, 3.05) is 0 Å². The third-order valence-electron chi connectivity index (χ3n) is 20.6. The van der Waals surface area contributed by atoms with Crippen molar-refractivity contribution >= 4 is 109 Å². The summed E-state index contributed by atoms with van der Waals surface area (Å²) in [4.78, 5) is 15.2. The molecule has 0 saturated carbocycles. The molecule has 0 fully saturated rings. The Balaban J connectivity index is 0.611. The molecule has 0 radical (unpaired) electrons. The zero-order valence-electron chi connectivity index (χ0n) is 54.7. The highest BCUT2D eigenvalue weighted by Crippen LogP contribution is 2.43. The van der Waals surface area contributed by atoms with E-state index < -0.39 is 5.82 Å². The Kier molecular flexibility index (Phi) is 13.1. The zero-order chi connectivity index (χ0) is 67.8. The van der Waals surface area contributed by atoms with Crippen LogP contribution in [0.3, 0.4) is 0 Å². The molecule has 0 aliphatic rings. The minimum absolute atomic E-state index is 0.129. The van der Waals surface area contributed by atoms with E-state index >= 15 is 0 Å². The second kappa shape index (κ2) is 22.7. The molecule has 10 nitrogen and oxygen atoms in total. The molecule has 0 spiro atoms. The smallest absolute Gasteiger partial charge is 0.236 e. The summed E-state index contributed by atoms with van der Waals surface area (Å²) in [5.41, 5.74) is 20.3. The molecular formula is C90H55FN10. The molecular weight excluding hydrogens is 1240 g/mol. The average molecular weight is 1300 g/mol. The topological polar surface area (TPSA) is 130 Å². The van der Waals surface area contributed by atoms with Gasteiger partial charge in [-0.2, -0.15) is 15.8 Å². The van der Waals surface area contributed by atoms with Crippen molar-refractivity contribution in [3.05, 3.63) is 319 Å². The first kappa shape index (κ1) is 58.6. The Hall–Kier alpha value is -13.8. The quantitative estimate of drug-likeness (QED) is 0.134. The molecule has 0 bridgehead atoms. The second-order valence-electron chi connectivity index (χ2n) is 26.8. The van der Waals surface area contributed by atoms with Gasteiger partial charge in [0, 0.05) is 71.3 Å². The van der Waals surface area contributed by atoms with Crippen LogP contribution in [0.4, 0.5) is 4.39 Å². The number of nitrogens with zero attached hydrogens (tertiary/aromatic N) is 10. The summed E-state index contributed by atoms with van der Waals surface area (Å²) in [6.07, 6.45) is 0.768. The number of benzene rings is 13. The van der Waals surface area contributed by atoms with Crippen molar-refractivity contribution in [3.8, 4) is 74.7 Å². The maximum atomic E-state index is 14.7. The number of para-hydroxylation sites is 5. The van der Waals surface area contributed by atoms with E-state index in [2.05, 4.69) is 276 Å². The molecule has 0 aliphatic carbocycles. The number of nitriles is 3. The Labute approximate surface area is 578 Å². The predicted molar refractivity (Wildman–Crippen MR) is 406 cm³/mol. The fraction of sp³-hybridized carbons (Fsp3) is 0.0444. The molecule has 6 heterocycles. The van der Waals surface area contributed by atoms with Crippen LogP contribution >= 0.6 is 0 Å². The molecule has 13 aromatic carbocycles. The van der Waals surface area contributed by atoms with Crippen molar-refractivity contribution in [2.24, 2.45) is 0 Å². The van der Waals surface area contributed by atoms with E-state index in [-0.39, 0.29) is 22.4 Å². The van der Waals surface area contributed by atoms with Gasteiger partial charge < -0.3 is 9.13 Å². The van der Waals surface area contributed by atoms with Crippen LogP contribution in [0.5, 0.6) is 0 Å². The minimum atomic E-state index is -0.476. The fourth-order valence-electron chi connectivity index (χ4n) is 15.7. The maximum Gasteiger partial charge on any atom is 0.236 e. The summed E-state index contributed by atoms with van der Waals surface area (Å²) in [6.45, 7) is 4.54. The molecule has 0 saturated heterocycles. The lowest BCUT2D eigenvalue weighted by Gasteiger charge is -2.26. The first-order valence-electron chi connectivity index (χ1n) is 33.6. The lowest BCUT2D eigenvalue weighted by molar-refractivity contribution is 0.523. The number of pyridine rings is 1. The molecule has 0 amide bonds. The number of hydrogen-bond acceptors (Lipinski definition) is 6. The minimum Gasteiger partial charge on any atom is -0.309 e. The van der Waals surface area contributed by atoms with Gasteiger partial charge in [-0.25, -0.2) is 19.3 Å². The van der Waals surface area contributed by atoms with E-state index in [4.69, 9.17) is 15.0 Å². The average Bonchev–Trinajstić information content (AvgIpc) is 1.58. The fourth-order valence-corrected chi connectivity index (χ4v) is 15.7. The first-order chi connectivity index (χ1) is 49.6. The van der Waals surface area contributed by atoms with Crippen molar-refractivity contribution in [2.45, 2.75) is 25.7 Å². The van der Waals surface area contributed by atoms with Gasteiger partial charge in [-0.05, 0) is 166 Å². The molecule has 0 unspecified atom stereocenters. The van der Waals surface area contributed by atoms with E-state index in [1.54, 1.807) is 0 Å². The van der Waals surface area contributed by atoms with Crippen LogP contribution in [0.1, 0.15) is 41.8 Å². The van der Waals surface area contributed by atoms with Crippen molar-refractivity contribution in [1.82, 2.24) is 33.2 Å². The lowest BCUT2D eigenvalue weighted by Crippen LogP contribution is -2.20. The van der Waals surface area contributed by atoms with Crippen LogP contribution in [0.15, 0.2) is 285 Å². The molecule has 472 valence electrons. The first-order valence-corrected chi connectivity index (χ1v) is 33.6. The van der Waals surface area contributed by atoms with E-state index in [9.17, 15) is 20.2 Å². The lowest BCUT2D eigenvalue weighted by atomic mass is 9.78. The number of halogens is 1. The van der Waals surface area contributed by atoms with Gasteiger partial charge in [0.1, 0.15) is 29.6 Å². The Morgan fingerprint density at radius 2 is 0.762 bits per heavy atom. The summed E-state index contributed by atoms with van der Waals surface area (Å²) in [6, 6.07) is 105. The van der Waals surface area contributed by atoms with Crippen LogP contribution < -0.4 is 0 Å².